The molecule has 1 aliphatic rings. The minimum Gasteiger partial charge on any atom is -0.489 e. The Kier molecular flexibility index (Phi) is 8.02. The summed E-state index contributed by atoms with van der Waals surface area (Å²) in [5.41, 5.74) is 5.54. The van der Waals surface area contributed by atoms with E-state index in [9.17, 15) is 4.79 Å². The molecule has 0 radical (unpaired) electrons. The van der Waals surface area contributed by atoms with Crippen LogP contribution in [0.1, 0.15) is 49.1 Å². The Bertz CT molecular complexity index is 1500. The molecule has 2 heterocycles. The Balaban J connectivity index is 1.47. The van der Waals surface area contributed by atoms with Gasteiger partial charge in [0.25, 0.3) is 0 Å². The summed E-state index contributed by atoms with van der Waals surface area (Å²) in [5.74, 6) is 1.65. The van der Waals surface area contributed by atoms with Crippen LogP contribution in [-0.4, -0.2) is 26.8 Å². The molecule has 1 aromatic heterocycles. The molecule has 7 nitrogen and oxygen atoms in total. The third kappa shape index (κ3) is 6.17. The molecule has 1 N–H and O–H groups in total. The second-order valence-corrected chi connectivity index (χ2v) is 10.7. The van der Waals surface area contributed by atoms with Crippen molar-refractivity contribution in [2.45, 2.75) is 57.4 Å². The fourth-order valence-electron chi connectivity index (χ4n) is 4.47. The molecule has 0 saturated heterocycles. The number of carbonyl (C=O) groups is 1. The van der Waals surface area contributed by atoms with E-state index in [1.54, 1.807) is 16.4 Å². The van der Waals surface area contributed by atoms with Gasteiger partial charge in [0.2, 0.25) is 11.1 Å². The van der Waals surface area contributed by atoms with E-state index in [1.165, 1.54) is 11.1 Å². The number of nitrogens with one attached hydrogen (secondary N) is 1. The van der Waals surface area contributed by atoms with Gasteiger partial charge >= 0.3 is 5.97 Å². The van der Waals surface area contributed by atoms with Crippen molar-refractivity contribution in [2.24, 2.45) is 0 Å². The highest BCUT2D eigenvalue weighted by atomic mass is 32.2. The maximum atomic E-state index is 13.3. The Hall–Kier alpha value is -4.04. The molecule has 200 valence electrons. The predicted octanol–water partition coefficient (Wildman–Crippen LogP) is 6.70. The molecule has 1 aliphatic heterocycles. The van der Waals surface area contributed by atoms with Crippen LogP contribution in [0.25, 0.3) is 0 Å². The first kappa shape index (κ1) is 26.6. The number of aromatic nitrogens is 3. The number of thioether (sulfide) groups is 1. The normalized spacial score (nSPS) is 14.6. The summed E-state index contributed by atoms with van der Waals surface area (Å²) in [6.07, 6.45) is -0.253. The smallest absolute Gasteiger partial charge is 0.338 e. The number of carbonyl (C=O) groups excluding carboxylic acids is 1. The lowest BCUT2D eigenvalue weighted by Crippen LogP contribution is -2.30. The molecule has 0 amide bonds. The first-order valence-electron chi connectivity index (χ1n) is 13.0. The van der Waals surface area contributed by atoms with Gasteiger partial charge in [-0.2, -0.15) is 4.98 Å². The quantitative estimate of drug-likeness (QED) is 0.187. The van der Waals surface area contributed by atoms with Crippen LogP contribution in [0.2, 0.25) is 0 Å². The third-order valence-electron chi connectivity index (χ3n) is 6.44. The van der Waals surface area contributed by atoms with E-state index in [0.29, 0.717) is 34.7 Å². The Morgan fingerprint density at radius 3 is 2.56 bits per heavy atom. The molecule has 0 fully saturated rings. The lowest BCUT2D eigenvalue weighted by atomic mass is 9.95. The molecule has 3 aromatic carbocycles. The topological polar surface area (TPSA) is 78.3 Å². The number of hydrogen-bond donors (Lipinski definition) is 1. The first-order valence-corrected chi connectivity index (χ1v) is 14.0. The molecule has 39 heavy (non-hydrogen) atoms. The van der Waals surface area contributed by atoms with Gasteiger partial charge in [-0.05, 0) is 62.1 Å². The van der Waals surface area contributed by atoms with E-state index < -0.39 is 6.04 Å². The molecule has 1 atom stereocenters. The lowest BCUT2D eigenvalue weighted by Gasteiger charge is -2.28. The zero-order valence-corrected chi connectivity index (χ0v) is 23.4. The van der Waals surface area contributed by atoms with Crippen molar-refractivity contribution in [1.82, 2.24) is 14.8 Å². The molecule has 0 aliphatic carbocycles. The summed E-state index contributed by atoms with van der Waals surface area (Å²) in [5, 5.41) is 8.73. The zero-order chi connectivity index (χ0) is 27.4. The molecule has 1 unspecified atom stereocenters. The van der Waals surface area contributed by atoms with Crippen molar-refractivity contribution < 1.29 is 14.3 Å². The Morgan fingerprint density at radius 1 is 1.03 bits per heavy atom. The van der Waals surface area contributed by atoms with E-state index >= 15 is 0 Å². The zero-order valence-electron chi connectivity index (χ0n) is 22.5. The van der Waals surface area contributed by atoms with E-state index in [-0.39, 0.29) is 12.1 Å². The summed E-state index contributed by atoms with van der Waals surface area (Å²) in [6.45, 7) is 8.09. The summed E-state index contributed by atoms with van der Waals surface area (Å²) >= 11 is 1.55. The minimum atomic E-state index is -0.520. The number of benzene rings is 3. The number of aryl methyl sites for hydroxylation is 1. The molecular formula is C31H32N4O3S. The average molecular weight is 541 g/mol. The van der Waals surface area contributed by atoms with Gasteiger partial charge in [-0.15, -0.1) is 5.10 Å². The van der Waals surface area contributed by atoms with Crippen LogP contribution in [0.4, 0.5) is 5.95 Å². The number of rotatable bonds is 9. The van der Waals surface area contributed by atoms with E-state index in [2.05, 4.69) is 36.5 Å². The maximum Gasteiger partial charge on any atom is 0.338 e. The van der Waals surface area contributed by atoms with Crippen molar-refractivity contribution in [3.05, 3.63) is 112 Å². The second kappa shape index (κ2) is 11.8. The van der Waals surface area contributed by atoms with Gasteiger partial charge in [0.05, 0.1) is 11.7 Å². The first-order chi connectivity index (χ1) is 18.9. The Labute approximate surface area is 233 Å². The molecule has 5 rings (SSSR count). The van der Waals surface area contributed by atoms with Gasteiger partial charge in [-0.1, -0.05) is 78.5 Å². The number of hydrogen-bond acceptors (Lipinski definition) is 7. The molecule has 0 bridgehead atoms. The fraction of sp³-hybridized carbons (Fsp3) is 0.258. The van der Waals surface area contributed by atoms with E-state index in [1.807, 2.05) is 75.4 Å². The number of esters is 1. The highest BCUT2D eigenvalue weighted by molar-refractivity contribution is 7.98. The SMILES string of the molecule is CC1=C(C(=O)OC(C)C)C(c2cccc(OCc3ccccc3C)c2)n2nc(SCc3ccccc3)nc2N1. The largest absolute Gasteiger partial charge is 0.489 e. The Morgan fingerprint density at radius 2 is 1.79 bits per heavy atom. The molecular weight excluding hydrogens is 508 g/mol. The molecule has 0 saturated carbocycles. The molecule has 8 heteroatoms. The number of fused-ring (bicyclic) bond motifs is 1. The van der Waals surface area contributed by atoms with Crippen molar-refractivity contribution in [3.63, 3.8) is 0 Å². The maximum absolute atomic E-state index is 13.3. The van der Waals surface area contributed by atoms with Crippen molar-refractivity contribution in [3.8, 4) is 5.75 Å². The standard InChI is InChI=1S/C31H32N4O3S/c1-20(2)38-29(36)27-22(4)32-30-33-31(39-19-23-12-6-5-7-13-23)34-35(30)28(27)24-15-10-16-26(17-24)37-18-25-14-9-8-11-21(25)3/h5-17,20,28H,18-19H2,1-4H3,(H,32,33,34). The van der Waals surface area contributed by atoms with Crippen LogP contribution in [-0.2, 0) is 21.9 Å². The number of ether oxygens (including phenoxy) is 2. The summed E-state index contributed by atoms with van der Waals surface area (Å²) in [7, 11) is 0. The van der Waals surface area contributed by atoms with Crippen LogP contribution in [0.15, 0.2) is 95.3 Å². The van der Waals surface area contributed by atoms with Crippen LogP contribution < -0.4 is 10.1 Å². The highest BCUT2D eigenvalue weighted by Gasteiger charge is 2.35. The molecule has 0 spiro atoms. The highest BCUT2D eigenvalue weighted by Crippen LogP contribution is 2.38. The van der Waals surface area contributed by atoms with Gasteiger partial charge in [0, 0.05) is 11.4 Å². The van der Waals surface area contributed by atoms with Gasteiger partial charge in [-0.25, -0.2) is 9.48 Å². The van der Waals surface area contributed by atoms with Crippen LogP contribution in [0.3, 0.4) is 0 Å². The predicted molar refractivity (Wildman–Crippen MR) is 154 cm³/mol. The van der Waals surface area contributed by atoms with Crippen molar-refractivity contribution in [1.29, 1.82) is 0 Å². The third-order valence-corrected chi connectivity index (χ3v) is 7.34. The van der Waals surface area contributed by atoms with Gasteiger partial charge < -0.3 is 14.8 Å². The van der Waals surface area contributed by atoms with Crippen molar-refractivity contribution in [2.75, 3.05) is 5.32 Å². The number of allylic oxidation sites excluding steroid dienone is 1. The van der Waals surface area contributed by atoms with Crippen molar-refractivity contribution >= 4 is 23.7 Å². The van der Waals surface area contributed by atoms with Gasteiger partial charge in [-0.3, -0.25) is 0 Å². The van der Waals surface area contributed by atoms with Crippen LogP contribution in [0, 0.1) is 6.92 Å². The number of nitrogens with zero attached hydrogens (tertiary/aromatic N) is 3. The average Bonchev–Trinajstić information content (AvgIpc) is 3.33. The summed E-state index contributed by atoms with van der Waals surface area (Å²) in [4.78, 5) is 18.1. The second-order valence-electron chi connectivity index (χ2n) is 9.74. The van der Waals surface area contributed by atoms with Crippen LogP contribution >= 0.6 is 11.8 Å². The summed E-state index contributed by atoms with van der Waals surface area (Å²) in [6, 6.07) is 25.7. The monoisotopic (exact) mass is 540 g/mol. The van der Waals surface area contributed by atoms with E-state index in [4.69, 9.17) is 19.6 Å². The minimum absolute atomic E-state index is 0.253. The molecule has 4 aromatic rings. The van der Waals surface area contributed by atoms with Gasteiger partial charge in [0.1, 0.15) is 18.4 Å². The fourth-order valence-corrected chi connectivity index (χ4v) is 5.26. The van der Waals surface area contributed by atoms with Gasteiger partial charge in [0.15, 0.2) is 0 Å². The number of anilines is 1. The van der Waals surface area contributed by atoms with Crippen LogP contribution in [0.5, 0.6) is 5.75 Å². The summed E-state index contributed by atoms with van der Waals surface area (Å²) < 4.78 is 13.6. The lowest BCUT2D eigenvalue weighted by molar-refractivity contribution is -0.143. The van der Waals surface area contributed by atoms with E-state index in [0.717, 1.165) is 16.9 Å².